The van der Waals surface area contributed by atoms with Gasteiger partial charge in [-0.15, -0.1) is 10.2 Å². The number of rotatable bonds is 6. The lowest BCUT2D eigenvalue weighted by molar-refractivity contribution is -0.0579. The number of alkyl carbamates (subject to hydrolysis) is 1. The maximum atomic E-state index is 11.6. The Balaban J connectivity index is 1.20. The molecule has 4 heterocycles. The molecule has 4 aromatic heterocycles. The van der Waals surface area contributed by atoms with Gasteiger partial charge in [-0.05, 0) is 88.5 Å². The van der Waals surface area contributed by atoms with Crippen molar-refractivity contribution in [3.63, 3.8) is 0 Å². The highest BCUT2D eigenvalue weighted by Gasteiger charge is 2.48. The number of aromatic nitrogens is 5. The van der Waals surface area contributed by atoms with Crippen LogP contribution in [0.3, 0.4) is 0 Å². The molecule has 0 aliphatic heterocycles. The van der Waals surface area contributed by atoms with E-state index in [1.165, 1.54) is 7.11 Å². The molecular formula is C31H34N8O3S. The van der Waals surface area contributed by atoms with Crippen LogP contribution in [0.25, 0.3) is 27.5 Å². The molecule has 11 nitrogen and oxygen atoms in total. The zero-order valence-corrected chi connectivity index (χ0v) is 24.9. The molecule has 43 heavy (non-hydrogen) atoms. The van der Waals surface area contributed by atoms with Gasteiger partial charge in [-0.2, -0.15) is 10.4 Å². The fourth-order valence-electron chi connectivity index (χ4n) is 6.98. The average Bonchev–Trinajstić information content (AvgIpc) is 3.70. The van der Waals surface area contributed by atoms with E-state index >= 15 is 0 Å². The summed E-state index contributed by atoms with van der Waals surface area (Å²) in [6, 6.07) is 10.1. The molecule has 0 spiro atoms. The van der Waals surface area contributed by atoms with Crippen molar-refractivity contribution < 1.29 is 14.6 Å². The number of nitrogens with zero attached hydrogens (tertiary/aromatic N) is 6. The van der Waals surface area contributed by atoms with E-state index in [0.29, 0.717) is 11.5 Å². The Hall–Kier alpha value is -4.08. The lowest BCUT2D eigenvalue weighted by atomic mass is 9.63. The molecule has 4 aliphatic carbocycles. The van der Waals surface area contributed by atoms with E-state index in [1.807, 2.05) is 24.4 Å². The molecule has 4 fully saturated rings. The molecule has 4 aromatic rings. The number of hydrogen-bond donors (Lipinski definition) is 3. The van der Waals surface area contributed by atoms with Crippen LogP contribution >= 0.6 is 11.3 Å². The molecule has 2 bridgehead atoms. The van der Waals surface area contributed by atoms with Crippen LogP contribution in [-0.2, 0) is 4.74 Å². The molecular weight excluding hydrogens is 564 g/mol. The predicted octanol–water partition coefficient (Wildman–Crippen LogP) is 5.42. The lowest BCUT2D eigenvalue weighted by Crippen LogP contribution is -2.53. The number of nitrogens with one attached hydrogen (secondary N) is 2. The Morgan fingerprint density at radius 2 is 1.86 bits per heavy atom. The minimum atomic E-state index is -0.520. The van der Waals surface area contributed by atoms with Crippen molar-refractivity contribution in [2.45, 2.75) is 87.3 Å². The number of carbonyl (C=O) groups is 1. The third kappa shape index (κ3) is 5.32. The highest BCUT2D eigenvalue weighted by Crippen LogP contribution is 2.49. The Morgan fingerprint density at radius 3 is 2.58 bits per heavy atom. The molecule has 0 saturated heterocycles. The molecule has 1 amide bonds. The molecule has 4 aliphatic rings. The number of fused-ring (bicyclic) bond motifs is 4. The number of amides is 1. The summed E-state index contributed by atoms with van der Waals surface area (Å²) in [5.74, 6) is 0.301. The summed E-state index contributed by atoms with van der Waals surface area (Å²) in [5.41, 5.74) is 4.21. The van der Waals surface area contributed by atoms with Crippen molar-refractivity contribution in [2.24, 2.45) is 0 Å². The summed E-state index contributed by atoms with van der Waals surface area (Å²) in [5, 5.41) is 42.5. The van der Waals surface area contributed by atoms with Gasteiger partial charge in [-0.25, -0.2) is 9.31 Å². The smallest absolute Gasteiger partial charge is 0.407 e. The van der Waals surface area contributed by atoms with Gasteiger partial charge >= 0.3 is 6.09 Å². The second-order valence-electron chi connectivity index (χ2n) is 12.3. The topological polar surface area (TPSA) is 150 Å². The Labute approximate surface area is 253 Å². The van der Waals surface area contributed by atoms with Crippen LogP contribution in [0.5, 0.6) is 0 Å². The maximum Gasteiger partial charge on any atom is 0.407 e. The first-order valence-corrected chi connectivity index (χ1v) is 15.7. The van der Waals surface area contributed by atoms with E-state index in [1.54, 1.807) is 22.0 Å². The van der Waals surface area contributed by atoms with E-state index in [9.17, 15) is 15.2 Å². The standard InChI is InChI=1S/C31H34N8O3S/c1-42-29(40)35-21-4-2-20(3-5-21)27-37-38-28(43-27)23-18-33-25(26-7-6-22-14-19(16-32)17-34-39(22)26)15-24(23)36-30-8-11-31(41,12-9-30)13-10-30/h6-7,14-15,17-18,20-21,41H,2-5,8-13H2,1H3,(H,33,36)(H,35,40). The normalized spacial score (nSPS) is 26.6. The van der Waals surface area contributed by atoms with E-state index < -0.39 is 5.60 Å². The summed E-state index contributed by atoms with van der Waals surface area (Å²) in [4.78, 5) is 16.5. The van der Waals surface area contributed by atoms with Crippen LogP contribution in [-0.4, -0.2) is 60.3 Å². The van der Waals surface area contributed by atoms with Crippen LogP contribution in [0.1, 0.15) is 80.7 Å². The van der Waals surface area contributed by atoms with E-state index in [0.717, 1.165) is 102 Å². The third-order valence-corrected chi connectivity index (χ3v) is 10.8. The van der Waals surface area contributed by atoms with Gasteiger partial charge in [-0.3, -0.25) is 4.98 Å². The second-order valence-corrected chi connectivity index (χ2v) is 13.3. The largest absolute Gasteiger partial charge is 0.453 e. The van der Waals surface area contributed by atoms with Gasteiger partial charge in [0.1, 0.15) is 11.1 Å². The Kier molecular flexibility index (Phi) is 7.02. The zero-order valence-electron chi connectivity index (χ0n) is 24.0. The molecule has 0 radical (unpaired) electrons. The highest BCUT2D eigenvalue weighted by molar-refractivity contribution is 7.14. The first kappa shape index (κ1) is 27.7. The fourth-order valence-corrected chi connectivity index (χ4v) is 8.02. The molecule has 0 atom stereocenters. The SMILES string of the molecule is COC(=O)NC1CCC(c2nnc(-c3cnc(-c4ccc5cc(C#N)cnn45)cc3NC34CCC(O)(CC3)CC4)s2)CC1. The monoisotopic (exact) mass is 598 g/mol. The molecule has 4 saturated carbocycles. The summed E-state index contributed by atoms with van der Waals surface area (Å²) >= 11 is 1.61. The number of aliphatic hydroxyl groups is 1. The highest BCUT2D eigenvalue weighted by atomic mass is 32.1. The van der Waals surface area contributed by atoms with Crippen molar-refractivity contribution in [1.82, 2.24) is 30.1 Å². The molecule has 0 aromatic carbocycles. The summed E-state index contributed by atoms with van der Waals surface area (Å²) in [7, 11) is 1.39. The van der Waals surface area contributed by atoms with Gasteiger partial charge in [0.2, 0.25) is 0 Å². The molecule has 8 rings (SSSR count). The van der Waals surface area contributed by atoms with Crippen LogP contribution in [0.2, 0.25) is 0 Å². The van der Waals surface area contributed by atoms with Gasteiger partial charge in [0, 0.05) is 29.4 Å². The minimum Gasteiger partial charge on any atom is -0.453 e. The number of pyridine rings is 1. The van der Waals surface area contributed by atoms with Gasteiger partial charge in [0.25, 0.3) is 0 Å². The van der Waals surface area contributed by atoms with Crippen LogP contribution in [0.4, 0.5) is 10.5 Å². The van der Waals surface area contributed by atoms with Crippen molar-refractivity contribution in [1.29, 1.82) is 5.26 Å². The lowest BCUT2D eigenvalue weighted by Gasteiger charge is -2.51. The van der Waals surface area contributed by atoms with Crippen LogP contribution < -0.4 is 10.6 Å². The summed E-state index contributed by atoms with van der Waals surface area (Å²) in [6.45, 7) is 0. The third-order valence-electron chi connectivity index (χ3n) is 9.66. The molecule has 222 valence electrons. The number of ether oxygens (including phenoxy) is 1. The van der Waals surface area contributed by atoms with E-state index in [2.05, 4.69) is 38.1 Å². The molecule has 0 unspecified atom stereocenters. The van der Waals surface area contributed by atoms with Crippen LogP contribution in [0.15, 0.2) is 36.7 Å². The van der Waals surface area contributed by atoms with Crippen molar-refractivity contribution in [3.8, 4) is 28.0 Å². The van der Waals surface area contributed by atoms with Gasteiger partial charge in [0.15, 0.2) is 5.01 Å². The fraction of sp³-hybridized carbons (Fsp3) is 0.484. The van der Waals surface area contributed by atoms with Crippen molar-refractivity contribution in [3.05, 3.63) is 47.2 Å². The van der Waals surface area contributed by atoms with Gasteiger partial charge in [-0.1, -0.05) is 11.3 Å². The van der Waals surface area contributed by atoms with Crippen molar-refractivity contribution >= 4 is 28.6 Å². The first-order valence-electron chi connectivity index (χ1n) is 14.9. The van der Waals surface area contributed by atoms with E-state index in [-0.39, 0.29) is 17.7 Å². The number of methoxy groups -OCH3 is 1. The average molecular weight is 599 g/mol. The first-order chi connectivity index (χ1) is 20.9. The van der Waals surface area contributed by atoms with Gasteiger partial charge in [0.05, 0.1) is 46.9 Å². The number of carbonyl (C=O) groups excluding carboxylic acids is 1. The van der Waals surface area contributed by atoms with Crippen LogP contribution in [0, 0.1) is 11.3 Å². The summed E-state index contributed by atoms with van der Waals surface area (Å²) in [6.07, 6.45) is 11.8. The molecule has 12 heteroatoms. The number of nitriles is 1. The minimum absolute atomic E-state index is 0.0857. The van der Waals surface area contributed by atoms with Gasteiger partial charge < -0.3 is 20.5 Å². The zero-order chi connectivity index (χ0) is 29.6. The summed E-state index contributed by atoms with van der Waals surface area (Å²) < 4.78 is 6.56. The quantitative estimate of drug-likeness (QED) is 0.264. The second kappa shape index (κ2) is 10.9. The van der Waals surface area contributed by atoms with Crippen molar-refractivity contribution in [2.75, 3.05) is 12.4 Å². The maximum absolute atomic E-state index is 11.6. The molecule has 3 N–H and O–H groups in total. The van der Waals surface area contributed by atoms with E-state index in [4.69, 9.17) is 9.72 Å². The Morgan fingerprint density at radius 1 is 1.09 bits per heavy atom. The predicted molar refractivity (Wildman–Crippen MR) is 162 cm³/mol. The number of hydrogen-bond acceptors (Lipinski definition) is 10. The number of anilines is 1. The Bertz CT molecular complexity index is 1690.